The average Bonchev–Trinajstić information content (AvgIpc) is 2.68. The Bertz CT molecular complexity index is 590. The van der Waals surface area contributed by atoms with E-state index in [4.69, 9.17) is 9.47 Å². The molecule has 142 valence electrons. The summed E-state index contributed by atoms with van der Waals surface area (Å²) in [5.41, 5.74) is 1.62. The lowest BCUT2D eigenvalue weighted by Gasteiger charge is -2.26. The van der Waals surface area contributed by atoms with Crippen molar-refractivity contribution in [1.29, 1.82) is 0 Å². The van der Waals surface area contributed by atoms with Crippen LogP contribution in [-0.2, 0) is 20.8 Å². The van der Waals surface area contributed by atoms with E-state index in [0.717, 1.165) is 64.1 Å². The van der Waals surface area contributed by atoms with Gasteiger partial charge in [-0.2, -0.15) is 0 Å². The maximum Gasteiger partial charge on any atom is 0.338 e. The number of morpholine rings is 1. The van der Waals surface area contributed by atoms with Gasteiger partial charge in [-0.15, -0.1) is 0 Å². The lowest BCUT2D eigenvalue weighted by Crippen LogP contribution is -2.38. The van der Waals surface area contributed by atoms with Crippen molar-refractivity contribution in [2.75, 3.05) is 32.9 Å². The number of nitrogens with one attached hydrogen (secondary N) is 1. The van der Waals surface area contributed by atoms with Crippen molar-refractivity contribution in [2.24, 2.45) is 0 Å². The number of nitrogens with zero attached hydrogens (tertiary/aromatic N) is 1. The number of hydrogen-bond acceptors (Lipinski definition) is 5. The molecule has 1 amide bonds. The Morgan fingerprint density at radius 2 is 1.77 bits per heavy atom. The van der Waals surface area contributed by atoms with Gasteiger partial charge in [0.05, 0.1) is 18.8 Å². The summed E-state index contributed by atoms with van der Waals surface area (Å²) in [7, 11) is 0. The van der Waals surface area contributed by atoms with Crippen LogP contribution in [0.4, 0.5) is 0 Å². The van der Waals surface area contributed by atoms with E-state index in [9.17, 15) is 9.59 Å². The van der Waals surface area contributed by atoms with Gasteiger partial charge < -0.3 is 14.8 Å². The average molecular weight is 360 g/mol. The highest BCUT2D eigenvalue weighted by molar-refractivity contribution is 5.91. The maximum absolute atomic E-state index is 12.1. The molecule has 0 bridgehead atoms. The molecular weight excluding hydrogens is 332 g/mol. The molecule has 26 heavy (non-hydrogen) atoms. The van der Waals surface area contributed by atoms with E-state index >= 15 is 0 Å². The van der Waals surface area contributed by atoms with E-state index in [-0.39, 0.29) is 18.6 Å². The Morgan fingerprint density at radius 1 is 1.08 bits per heavy atom. The minimum absolute atomic E-state index is 0.214. The molecule has 1 aromatic rings. The van der Waals surface area contributed by atoms with Crippen LogP contribution in [0.25, 0.3) is 0 Å². The first-order chi connectivity index (χ1) is 12.7. The molecule has 0 aromatic heterocycles. The Labute approximate surface area is 154 Å². The Balaban J connectivity index is 1.41. The Hall–Kier alpha value is -1.92. The zero-order valence-electron chi connectivity index (χ0n) is 15.2. The molecule has 0 unspecified atom stereocenters. The highest BCUT2D eigenvalue weighted by atomic mass is 16.5. The van der Waals surface area contributed by atoms with Crippen LogP contribution < -0.4 is 5.32 Å². The normalized spacial score (nSPS) is 19.1. The second-order valence-corrected chi connectivity index (χ2v) is 7.06. The van der Waals surface area contributed by atoms with Crippen LogP contribution in [0.1, 0.15) is 48.0 Å². The van der Waals surface area contributed by atoms with Crippen molar-refractivity contribution in [1.82, 2.24) is 10.2 Å². The molecule has 1 saturated heterocycles. The summed E-state index contributed by atoms with van der Waals surface area (Å²) in [6, 6.07) is 7.63. The molecule has 2 aliphatic rings. The summed E-state index contributed by atoms with van der Waals surface area (Å²) in [5, 5.41) is 2.95. The fourth-order valence-corrected chi connectivity index (χ4v) is 3.49. The van der Waals surface area contributed by atoms with Crippen LogP contribution in [0, 0.1) is 0 Å². The number of hydrogen-bond donors (Lipinski definition) is 1. The van der Waals surface area contributed by atoms with Crippen LogP contribution in [0.3, 0.4) is 0 Å². The predicted octanol–water partition coefficient (Wildman–Crippen LogP) is 2.12. The first-order valence-corrected chi connectivity index (χ1v) is 9.56. The van der Waals surface area contributed by atoms with Gasteiger partial charge in [-0.3, -0.25) is 9.69 Å². The molecule has 1 heterocycles. The number of ether oxygens (including phenoxy) is 2. The van der Waals surface area contributed by atoms with Crippen LogP contribution >= 0.6 is 0 Å². The van der Waals surface area contributed by atoms with Gasteiger partial charge in [0.15, 0.2) is 6.61 Å². The Morgan fingerprint density at radius 3 is 2.46 bits per heavy atom. The molecule has 0 atom stereocenters. The summed E-state index contributed by atoms with van der Waals surface area (Å²) in [6.45, 7) is 4.04. The first-order valence-electron chi connectivity index (χ1n) is 9.56. The van der Waals surface area contributed by atoms with Gasteiger partial charge in [-0.1, -0.05) is 31.4 Å². The SMILES string of the molecule is O=C(COC(=O)c1ccc(CN2CCOCC2)cc1)NC1CCCCC1. The molecule has 1 aliphatic carbocycles. The molecule has 1 aliphatic heterocycles. The van der Waals surface area contributed by atoms with Crippen molar-refractivity contribution in [3.8, 4) is 0 Å². The third-order valence-corrected chi connectivity index (χ3v) is 5.00. The second kappa shape index (κ2) is 9.69. The fourth-order valence-electron chi connectivity index (χ4n) is 3.49. The largest absolute Gasteiger partial charge is 0.452 e. The number of amides is 1. The summed E-state index contributed by atoms with van der Waals surface area (Å²) in [6.07, 6.45) is 5.58. The smallest absolute Gasteiger partial charge is 0.338 e. The van der Waals surface area contributed by atoms with Crippen LogP contribution in [0.5, 0.6) is 0 Å². The molecule has 0 spiro atoms. The van der Waals surface area contributed by atoms with E-state index in [1.807, 2.05) is 12.1 Å². The lowest BCUT2D eigenvalue weighted by molar-refractivity contribution is -0.125. The summed E-state index contributed by atoms with van der Waals surface area (Å²) in [5.74, 6) is -0.670. The number of carbonyl (C=O) groups excluding carboxylic acids is 2. The lowest BCUT2D eigenvalue weighted by atomic mass is 9.95. The topological polar surface area (TPSA) is 67.9 Å². The van der Waals surface area contributed by atoms with Crippen molar-refractivity contribution in [2.45, 2.75) is 44.7 Å². The van der Waals surface area contributed by atoms with Crippen molar-refractivity contribution >= 4 is 11.9 Å². The highest BCUT2D eigenvalue weighted by Crippen LogP contribution is 2.17. The Kier molecular flexibility index (Phi) is 7.03. The minimum Gasteiger partial charge on any atom is -0.452 e. The van der Waals surface area contributed by atoms with E-state index in [2.05, 4.69) is 10.2 Å². The third kappa shape index (κ3) is 5.81. The summed E-state index contributed by atoms with van der Waals surface area (Å²) in [4.78, 5) is 26.4. The summed E-state index contributed by atoms with van der Waals surface area (Å²) >= 11 is 0. The van der Waals surface area contributed by atoms with E-state index in [0.29, 0.717) is 5.56 Å². The van der Waals surface area contributed by atoms with Crippen molar-refractivity contribution in [3.05, 3.63) is 35.4 Å². The quantitative estimate of drug-likeness (QED) is 0.787. The van der Waals surface area contributed by atoms with Crippen LogP contribution in [0.2, 0.25) is 0 Å². The number of carbonyl (C=O) groups is 2. The van der Waals surface area contributed by atoms with Gasteiger partial charge in [0.2, 0.25) is 0 Å². The second-order valence-electron chi connectivity index (χ2n) is 7.06. The van der Waals surface area contributed by atoms with E-state index < -0.39 is 5.97 Å². The van der Waals surface area contributed by atoms with Gasteiger partial charge in [-0.25, -0.2) is 4.79 Å². The third-order valence-electron chi connectivity index (χ3n) is 5.00. The molecule has 1 saturated carbocycles. The monoisotopic (exact) mass is 360 g/mol. The standard InChI is InChI=1S/C20H28N2O4/c23-19(21-18-4-2-1-3-5-18)15-26-20(24)17-8-6-16(7-9-17)14-22-10-12-25-13-11-22/h6-9,18H,1-5,10-15H2,(H,21,23). The molecular formula is C20H28N2O4. The maximum atomic E-state index is 12.1. The number of rotatable bonds is 6. The van der Waals surface area contributed by atoms with Gasteiger partial charge in [0.1, 0.15) is 0 Å². The van der Waals surface area contributed by atoms with Gasteiger partial charge in [0, 0.05) is 25.7 Å². The molecule has 1 aromatic carbocycles. The van der Waals surface area contributed by atoms with Gasteiger partial charge in [0.25, 0.3) is 5.91 Å². The predicted molar refractivity (Wildman–Crippen MR) is 97.8 cm³/mol. The van der Waals surface area contributed by atoms with Crippen molar-refractivity contribution < 1.29 is 19.1 Å². The number of benzene rings is 1. The molecule has 0 radical (unpaired) electrons. The molecule has 3 rings (SSSR count). The molecule has 6 heteroatoms. The zero-order chi connectivity index (χ0) is 18.2. The zero-order valence-corrected chi connectivity index (χ0v) is 15.2. The van der Waals surface area contributed by atoms with E-state index in [1.54, 1.807) is 12.1 Å². The van der Waals surface area contributed by atoms with Crippen LogP contribution in [0.15, 0.2) is 24.3 Å². The molecule has 6 nitrogen and oxygen atoms in total. The molecule has 1 N–H and O–H groups in total. The van der Waals surface area contributed by atoms with Crippen molar-refractivity contribution in [3.63, 3.8) is 0 Å². The summed E-state index contributed by atoms with van der Waals surface area (Å²) < 4.78 is 10.5. The van der Waals surface area contributed by atoms with E-state index in [1.165, 1.54) is 6.42 Å². The van der Waals surface area contributed by atoms with Crippen LogP contribution in [-0.4, -0.2) is 55.7 Å². The fraction of sp³-hybridized carbons (Fsp3) is 0.600. The van der Waals surface area contributed by atoms with Gasteiger partial charge in [-0.05, 0) is 30.5 Å². The number of esters is 1. The highest BCUT2D eigenvalue weighted by Gasteiger charge is 2.17. The molecule has 2 fully saturated rings. The van der Waals surface area contributed by atoms with Gasteiger partial charge >= 0.3 is 5.97 Å². The minimum atomic E-state index is -0.457. The first kappa shape index (κ1) is 18.9.